The highest BCUT2D eigenvalue weighted by molar-refractivity contribution is 7.13. The highest BCUT2D eigenvalue weighted by atomic mass is 32.1. The minimum atomic E-state index is -0.150. The van der Waals surface area contributed by atoms with Gasteiger partial charge in [-0.3, -0.25) is 9.78 Å². The lowest BCUT2D eigenvalue weighted by atomic mass is 10.2. The number of methoxy groups -OCH3 is 1. The molecule has 0 aliphatic rings. The maximum Gasteiger partial charge on any atom is 0.269 e. The lowest BCUT2D eigenvalue weighted by Gasteiger charge is -2.11. The molecule has 3 heterocycles. The van der Waals surface area contributed by atoms with E-state index >= 15 is 0 Å². The minimum Gasteiger partial charge on any atom is -0.497 e. The lowest BCUT2D eigenvalue weighted by Crippen LogP contribution is -2.22. The molecule has 0 saturated carbocycles. The number of nitrogens with zero attached hydrogens (tertiary/aromatic N) is 3. The van der Waals surface area contributed by atoms with E-state index in [4.69, 9.17) is 9.47 Å². The molecule has 7 heteroatoms. The van der Waals surface area contributed by atoms with Gasteiger partial charge in [0.25, 0.3) is 5.56 Å². The fourth-order valence-electron chi connectivity index (χ4n) is 2.78. The van der Waals surface area contributed by atoms with E-state index in [-0.39, 0.29) is 5.56 Å². The maximum atomic E-state index is 12.1. The van der Waals surface area contributed by atoms with Crippen LogP contribution in [0.3, 0.4) is 0 Å². The van der Waals surface area contributed by atoms with E-state index in [0.29, 0.717) is 13.2 Å². The molecule has 27 heavy (non-hydrogen) atoms. The van der Waals surface area contributed by atoms with Crippen LogP contribution in [-0.2, 0) is 6.54 Å². The molecule has 0 aliphatic heterocycles. The quantitative estimate of drug-likeness (QED) is 0.512. The van der Waals surface area contributed by atoms with Crippen molar-refractivity contribution in [3.05, 3.63) is 70.7 Å². The average molecular weight is 379 g/mol. The van der Waals surface area contributed by atoms with Crippen LogP contribution in [0.25, 0.3) is 21.5 Å². The molecule has 4 rings (SSSR count). The number of fused-ring (bicyclic) bond motifs is 1. The summed E-state index contributed by atoms with van der Waals surface area (Å²) in [6, 6.07) is 11.4. The van der Waals surface area contributed by atoms with E-state index in [1.54, 1.807) is 35.4 Å². The third-order valence-electron chi connectivity index (χ3n) is 4.15. The molecule has 0 unspecified atom stereocenters. The second-order valence-electron chi connectivity index (χ2n) is 5.82. The van der Waals surface area contributed by atoms with Crippen molar-refractivity contribution in [2.24, 2.45) is 0 Å². The van der Waals surface area contributed by atoms with Crippen molar-refractivity contribution in [3.8, 4) is 22.1 Å². The van der Waals surface area contributed by atoms with E-state index in [9.17, 15) is 4.79 Å². The molecular formula is C20H17N3O3S. The monoisotopic (exact) mass is 379 g/mol. The molecule has 0 spiro atoms. The van der Waals surface area contributed by atoms with Gasteiger partial charge in [-0.15, -0.1) is 11.3 Å². The topological polar surface area (TPSA) is 66.2 Å². The molecule has 0 bridgehead atoms. The van der Waals surface area contributed by atoms with E-state index in [0.717, 1.165) is 33.0 Å². The zero-order chi connectivity index (χ0) is 18.6. The van der Waals surface area contributed by atoms with Crippen LogP contribution in [0.1, 0.15) is 0 Å². The van der Waals surface area contributed by atoms with Crippen LogP contribution in [0.15, 0.2) is 65.2 Å². The van der Waals surface area contributed by atoms with Crippen LogP contribution in [0.4, 0.5) is 0 Å². The van der Waals surface area contributed by atoms with Gasteiger partial charge < -0.3 is 14.0 Å². The second-order valence-corrected chi connectivity index (χ2v) is 6.77. The number of thiophene rings is 1. The van der Waals surface area contributed by atoms with Gasteiger partial charge in [-0.25, -0.2) is 4.98 Å². The summed E-state index contributed by atoms with van der Waals surface area (Å²) in [7, 11) is 1.62. The number of hydrogen-bond donors (Lipinski definition) is 0. The normalized spacial score (nSPS) is 10.9. The Kier molecular flexibility index (Phi) is 4.84. The summed E-state index contributed by atoms with van der Waals surface area (Å²) in [6.07, 6.45) is 4.82. The molecule has 0 N–H and O–H groups in total. The number of rotatable bonds is 6. The Balaban J connectivity index is 1.51. The van der Waals surface area contributed by atoms with E-state index < -0.39 is 0 Å². The van der Waals surface area contributed by atoms with Gasteiger partial charge >= 0.3 is 0 Å². The molecule has 0 atom stereocenters. The summed E-state index contributed by atoms with van der Waals surface area (Å²) in [5.74, 6) is 1.47. The summed E-state index contributed by atoms with van der Waals surface area (Å²) < 4.78 is 12.8. The van der Waals surface area contributed by atoms with Crippen molar-refractivity contribution >= 4 is 22.2 Å². The van der Waals surface area contributed by atoms with Crippen LogP contribution in [0, 0.1) is 0 Å². The Morgan fingerprint density at radius 3 is 2.93 bits per heavy atom. The Morgan fingerprint density at radius 2 is 2.11 bits per heavy atom. The van der Waals surface area contributed by atoms with Crippen molar-refractivity contribution in [1.29, 1.82) is 0 Å². The van der Waals surface area contributed by atoms with Gasteiger partial charge in [-0.05, 0) is 29.6 Å². The molecule has 4 aromatic rings. The predicted molar refractivity (Wildman–Crippen MR) is 106 cm³/mol. The smallest absolute Gasteiger partial charge is 0.269 e. The van der Waals surface area contributed by atoms with Gasteiger partial charge in [-0.1, -0.05) is 6.07 Å². The van der Waals surface area contributed by atoms with Crippen molar-refractivity contribution < 1.29 is 9.47 Å². The zero-order valence-electron chi connectivity index (χ0n) is 14.7. The number of aromatic nitrogens is 3. The predicted octanol–water partition coefficient (Wildman–Crippen LogP) is 3.61. The van der Waals surface area contributed by atoms with Gasteiger partial charge in [0.05, 0.1) is 35.9 Å². The van der Waals surface area contributed by atoms with Crippen LogP contribution in [-0.4, -0.2) is 28.3 Å². The SMILES string of the molecule is COc1ccc2c(OCCn3cc(-c4cccs4)ncc3=O)ccnc2c1. The van der Waals surface area contributed by atoms with Crippen molar-refractivity contribution in [2.45, 2.75) is 6.54 Å². The maximum absolute atomic E-state index is 12.1. The highest BCUT2D eigenvalue weighted by Crippen LogP contribution is 2.27. The molecule has 3 aromatic heterocycles. The summed E-state index contributed by atoms with van der Waals surface area (Å²) in [4.78, 5) is 21.7. The van der Waals surface area contributed by atoms with Crippen LogP contribution in [0.5, 0.6) is 11.5 Å². The van der Waals surface area contributed by atoms with Gasteiger partial charge in [0.15, 0.2) is 0 Å². The number of benzene rings is 1. The Hall–Kier alpha value is -3.19. The van der Waals surface area contributed by atoms with Gasteiger partial charge in [-0.2, -0.15) is 0 Å². The van der Waals surface area contributed by atoms with Crippen molar-refractivity contribution in [3.63, 3.8) is 0 Å². The summed E-state index contributed by atoms with van der Waals surface area (Å²) in [5.41, 5.74) is 1.43. The minimum absolute atomic E-state index is 0.150. The molecule has 0 aliphatic carbocycles. The molecular weight excluding hydrogens is 362 g/mol. The third-order valence-corrected chi connectivity index (χ3v) is 5.04. The summed E-state index contributed by atoms with van der Waals surface area (Å²) in [6.45, 7) is 0.790. The first-order chi connectivity index (χ1) is 13.2. The first-order valence-electron chi connectivity index (χ1n) is 8.40. The molecule has 1 aromatic carbocycles. The molecule has 0 radical (unpaired) electrons. The zero-order valence-corrected chi connectivity index (χ0v) is 15.5. The van der Waals surface area contributed by atoms with Gasteiger partial charge in [0.1, 0.15) is 18.1 Å². The number of ether oxygens (including phenoxy) is 2. The van der Waals surface area contributed by atoms with E-state index in [1.165, 1.54) is 6.20 Å². The molecule has 136 valence electrons. The molecule has 6 nitrogen and oxygen atoms in total. The Morgan fingerprint density at radius 1 is 1.19 bits per heavy atom. The van der Waals surface area contributed by atoms with Crippen LogP contribution >= 0.6 is 11.3 Å². The van der Waals surface area contributed by atoms with E-state index in [2.05, 4.69) is 9.97 Å². The number of pyridine rings is 1. The fraction of sp³-hybridized carbons (Fsp3) is 0.150. The van der Waals surface area contributed by atoms with Crippen LogP contribution < -0.4 is 15.0 Å². The van der Waals surface area contributed by atoms with Crippen molar-refractivity contribution in [1.82, 2.24) is 14.5 Å². The highest BCUT2D eigenvalue weighted by Gasteiger charge is 2.07. The van der Waals surface area contributed by atoms with Gasteiger partial charge in [0.2, 0.25) is 0 Å². The van der Waals surface area contributed by atoms with E-state index in [1.807, 2.05) is 41.8 Å². The largest absolute Gasteiger partial charge is 0.497 e. The lowest BCUT2D eigenvalue weighted by molar-refractivity contribution is 0.299. The van der Waals surface area contributed by atoms with Crippen molar-refractivity contribution in [2.75, 3.05) is 13.7 Å². The Bertz CT molecular complexity index is 1120. The first kappa shape index (κ1) is 17.2. The molecule has 0 amide bonds. The molecule has 0 saturated heterocycles. The standard InChI is InChI=1S/C20H17N3O3S/c1-25-14-4-5-15-16(11-14)21-7-6-18(15)26-9-8-23-13-17(22-12-20(23)24)19-3-2-10-27-19/h2-7,10-13H,8-9H2,1H3. The van der Waals surface area contributed by atoms with Gasteiger partial charge in [0, 0.05) is 23.8 Å². The fourth-order valence-corrected chi connectivity index (χ4v) is 3.47. The average Bonchev–Trinajstić information content (AvgIpc) is 3.24. The summed E-state index contributed by atoms with van der Waals surface area (Å²) in [5, 5.41) is 2.89. The Labute approximate surface area is 159 Å². The number of hydrogen-bond acceptors (Lipinski definition) is 6. The third kappa shape index (κ3) is 3.68. The van der Waals surface area contributed by atoms with Crippen LogP contribution in [0.2, 0.25) is 0 Å². The second kappa shape index (κ2) is 7.59. The summed E-state index contributed by atoms with van der Waals surface area (Å²) >= 11 is 1.59. The molecule has 0 fully saturated rings. The first-order valence-corrected chi connectivity index (χ1v) is 9.28.